The highest BCUT2D eigenvalue weighted by Gasteiger charge is 2.40. The molecule has 0 bridgehead atoms. The zero-order valence-corrected chi connectivity index (χ0v) is 14.8. The minimum absolute atomic E-state index is 0.142. The highest BCUT2D eigenvalue weighted by Crippen LogP contribution is 2.40. The maximum Gasteiger partial charge on any atom is 0.0701 e. The molecule has 0 aromatic heterocycles. The lowest BCUT2D eigenvalue weighted by molar-refractivity contribution is -0.105. The number of ether oxygens (including phenoxy) is 1. The Balaban J connectivity index is 1.62. The zero-order valence-electron chi connectivity index (χ0n) is 12.4. The van der Waals surface area contributed by atoms with E-state index in [1.165, 1.54) is 29.9 Å². The number of halogens is 1. The van der Waals surface area contributed by atoms with Gasteiger partial charge in [0.05, 0.1) is 5.60 Å². The third-order valence-electron chi connectivity index (χ3n) is 4.90. The number of thioether (sulfide) groups is 1. The van der Waals surface area contributed by atoms with Crippen LogP contribution in [0.5, 0.6) is 0 Å². The fourth-order valence-corrected chi connectivity index (χ4v) is 5.31. The average molecular weight is 370 g/mol. The lowest BCUT2D eigenvalue weighted by Gasteiger charge is -2.44. The molecule has 3 rings (SSSR count). The van der Waals surface area contributed by atoms with Gasteiger partial charge in [-0.2, -0.15) is 11.8 Å². The number of rotatable bonds is 3. The summed E-state index contributed by atoms with van der Waals surface area (Å²) in [5, 5.41) is 0. The molecule has 2 atom stereocenters. The molecule has 1 spiro atoms. The first-order valence-electron chi connectivity index (χ1n) is 7.89. The molecule has 2 aliphatic rings. The van der Waals surface area contributed by atoms with Crippen molar-refractivity contribution in [1.29, 1.82) is 0 Å². The number of hydrogen-bond acceptors (Lipinski definition) is 3. The number of hydrogen-bond donors (Lipinski definition) is 1. The van der Waals surface area contributed by atoms with Crippen molar-refractivity contribution in [3.8, 4) is 0 Å². The molecule has 1 aromatic rings. The molecule has 2 nitrogen and oxygen atoms in total. The van der Waals surface area contributed by atoms with Crippen molar-refractivity contribution < 1.29 is 4.74 Å². The third kappa shape index (κ3) is 4.04. The second kappa shape index (κ2) is 7.03. The van der Waals surface area contributed by atoms with Crippen molar-refractivity contribution in [2.75, 3.05) is 18.1 Å². The van der Waals surface area contributed by atoms with Gasteiger partial charge in [0.25, 0.3) is 0 Å². The van der Waals surface area contributed by atoms with Gasteiger partial charge in [0.15, 0.2) is 0 Å². The minimum Gasteiger partial charge on any atom is -0.375 e. The van der Waals surface area contributed by atoms with Crippen LogP contribution in [0, 0.1) is 5.92 Å². The summed E-state index contributed by atoms with van der Waals surface area (Å²) < 4.78 is 7.32. The fourth-order valence-electron chi connectivity index (χ4n) is 3.63. The van der Waals surface area contributed by atoms with Gasteiger partial charge >= 0.3 is 0 Å². The first kappa shape index (κ1) is 15.9. The molecule has 2 heterocycles. The predicted octanol–water partition coefficient (Wildman–Crippen LogP) is 4.01. The van der Waals surface area contributed by atoms with Crippen molar-refractivity contribution in [2.45, 2.75) is 43.7 Å². The molecule has 21 heavy (non-hydrogen) atoms. The average Bonchev–Trinajstić information content (AvgIpc) is 2.48. The van der Waals surface area contributed by atoms with Crippen LogP contribution >= 0.6 is 27.7 Å². The van der Waals surface area contributed by atoms with Gasteiger partial charge in [0.2, 0.25) is 0 Å². The van der Waals surface area contributed by atoms with Crippen LogP contribution in [-0.2, 0) is 11.2 Å². The normalized spacial score (nSPS) is 26.7. The fraction of sp³-hybridized carbons (Fsp3) is 0.647. The molecule has 0 radical (unpaired) electrons. The standard InChI is InChI=1S/C17H24BrNOS/c18-15-3-1-2-13(10-15)11-16(19)14-4-7-20-17(12-14)5-8-21-9-6-17/h1-3,10,14,16H,4-9,11-12,19H2. The maximum atomic E-state index is 6.54. The highest BCUT2D eigenvalue weighted by atomic mass is 79.9. The second-order valence-electron chi connectivity index (χ2n) is 6.39. The summed E-state index contributed by atoms with van der Waals surface area (Å²) in [6, 6.07) is 8.77. The lowest BCUT2D eigenvalue weighted by Crippen LogP contribution is -2.47. The Morgan fingerprint density at radius 3 is 2.95 bits per heavy atom. The van der Waals surface area contributed by atoms with E-state index < -0.39 is 0 Å². The van der Waals surface area contributed by atoms with Crippen LogP contribution in [-0.4, -0.2) is 29.8 Å². The molecule has 2 N–H and O–H groups in total. The predicted molar refractivity (Wildman–Crippen MR) is 93.8 cm³/mol. The summed E-state index contributed by atoms with van der Waals surface area (Å²) in [5.41, 5.74) is 8.02. The van der Waals surface area contributed by atoms with Crippen molar-refractivity contribution in [3.05, 3.63) is 34.3 Å². The van der Waals surface area contributed by atoms with Gasteiger partial charge < -0.3 is 10.5 Å². The van der Waals surface area contributed by atoms with E-state index in [0.717, 1.165) is 30.3 Å². The van der Waals surface area contributed by atoms with E-state index in [9.17, 15) is 0 Å². The molecule has 2 fully saturated rings. The Morgan fingerprint density at radius 1 is 1.38 bits per heavy atom. The van der Waals surface area contributed by atoms with Crippen LogP contribution < -0.4 is 5.73 Å². The molecular weight excluding hydrogens is 346 g/mol. The monoisotopic (exact) mass is 369 g/mol. The summed E-state index contributed by atoms with van der Waals surface area (Å²) in [5.74, 6) is 3.09. The Morgan fingerprint density at radius 2 is 2.19 bits per heavy atom. The molecule has 2 saturated heterocycles. The highest BCUT2D eigenvalue weighted by molar-refractivity contribution is 9.10. The van der Waals surface area contributed by atoms with Crippen LogP contribution in [0.2, 0.25) is 0 Å². The van der Waals surface area contributed by atoms with E-state index in [4.69, 9.17) is 10.5 Å². The first-order valence-corrected chi connectivity index (χ1v) is 9.83. The molecule has 2 aliphatic heterocycles. The number of benzene rings is 1. The maximum absolute atomic E-state index is 6.54. The summed E-state index contributed by atoms with van der Waals surface area (Å²) in [6.07, 6.45) is 5.65. The first-order chi connectivity index (χ1) is 10.2. The van der Waals surface area contributed by atoms with Gasteiger partial charge in [-0.25, -0.2) is 0 Å². The largest absolute Gasteiger partial charge is 0.375 e. The Labute approximate surface area is 140 Å². The van der Waals surface area contributed by atoms with Crippen molar-refractivity contribution >= 4 is 27.7 Å². The van der Waals surface area contributed by atoms with Gasteiger partial charge in [-0.3, -0.25) is 0 Å². The van der Waals surface area contributed by atoms with Crippen LogP contribution in [0.15, 0.2) is 28.7 Å². The van der Waals surface area contributed by atoms with Gasteiger partial charge in [0.1, 0.15) is 0 Å². The Kier molecular flexibility index (Phi) is 5.31. The van der Waals surface area contributed by atoms with Crippen LogP contribution in [0.4, 0.5) is 0 Å². The summed E-state index contributed by atoms with van der Waals surface area (Å²) in [7, 11) is 0. The van der Waals surface area contributed by atoms with Crippen LogP contribution in [0.3, 0.4) is 0 Å². The molecule has 1 aromatic carbocycles. The van der Waals surface area contributed by atoms with Gasteiger partial charge in [-0.15, -0.1) is 0 Å². The van der Waals surface area contributed by atoms with E-state index >= 15 is 0 Å². The molecule has 2 unspecified atom stereocenters. The van der Waals surface area contributed by atoms with E-state index in [-0.39, 0.29) is 11.6 Å². The van der Waals surface area contributed by atoms with Crippen molar-refractivity contribution in [3.63, 3.8) is 0 Å². The van der Waals surface area contributed by atoms with Gasteiger partial charge in [-0.05, 0) is 67.2 Å². The minimum atomic E-state index is 0.142. The lowest BCUT2D eigenvalue weighted by atomic mass is 9.77. The second-order valence-corrected chi connectivity index (χ2v) is 8.54. The van der Waals surface area contributed by atoms with Crippen LogP contribution in [0.25, 0.3) is 0 Å². The zero-order chi connectivity index (χ0) is 14.7. The van der Waals surface area contributed by atoms with Crippen molar-refractivity contribution in [1.82, 2.24) is 0 Å². The molecule has 4 heteroatoms. The van der Waals surface area contributed by atoms with E-state index in [2.05, 4.69) is 52.0 Å². The molecule has 0 saturated carbocycles. The summed E-state index contributed by atoms with van der Waals surface area (Å²) >= 11 is 5.60. The summed E-state index contributed by atoms with van der Waals surface area (Å²) in [6.45, 7) is 0.890. The molecule has 0 amide bonds. The van der Waals surface area contributed by atoms with Gasteiger partial charge in [-0.1, -0.05) is 28.1 Å². The quantitative estimate of drug-likeness (QED) is 0.873. The SMILES string of the molecule is NC(Cc1cccc(Br)c1)C1CCOC2(CCSCC2)C1. The van der Waals surface area contributed by atoms with Crippen LogP contribution in [0.1, 0.15) is 31.2 Å². The van der Waals surface area contributed by atoms with Gasteiger partial charge in [0, 0.05) is 17.1 Å². The molecular formula is C17H24BrNOS. The van der Waals surface area contributed by atoms with E-state index in [1.807, 2.05) is 0 Å². The smallest absolute Gasteiger partial charge is 0.0701 e. The molecule has 0 aliphatic carbocycles. The Hall–Kier alpha value is -0.0300. The van der Waals surface area contributed by atoms with E-state index in [1.54, 1.807) is 0 Å². The van der Waals surface area contributed by atoms with Crippen molar-refractivity contribution in [2.24, 2.45) is 11.7 Å². The molecule has 116 valence electrons. The topological polar surface area (TPSA) is 35.2 Å². The number of nitrogens with two attached hydrogens (primary N) is 1. The Bertz CT molecular complexity index is 470. The van der Waals surface area contributed by atoms with E-state index in [0.29, 0.717) is 5.92 Å². The third-order valence-corrected chi connectivity index (χ3v) is 6.38. The summed E-state index contributed by atoms with van der Waals surface area (Å²) in [4.78, 5) is 0.